The fraction of sp³-hybridized carbons (Fsp3) is 1.00. The van der Waals surface area contributed by atoms with Crippen LogP contribution < -0.4 is 0 Å². The highest BCUT2D eigenvalue weighted by Gasteiger charge is 2.18. The van der Waals surface area contributed by atoms with Crippen molar-refractivity contribution in [1.29, 1.82) is 0 Å². The molecule has 0 aliphatic carbocycles. The first-order valence-electron chi connectivity index (χ1n) is 3.73. The lowest BCUT2D eigenvalue weighted by Gasteiger charge is -2.11. The first-order chi connectivity index (χ1) is 4.33. The van der Waals surface area contributed by atoms with Crippen LogP contribution in [0.3, 0.4) is 0 Å². The second-order valence-corrected chi connectivity index (χ2v) is 2.74. The van der Waals surface area contributed by atoms with Crippen molar-refractivity contribution in [2.24, 2.45) is 0 Å². The monoisotopic (exact) mass is 129 g/mol. The number of hydrogen-bond acceptors (Lipinski definition) is 2. The Kier molecular flexibility index (Phi) is 2.49. The van der Waals surface area contributed by atoms with Crippen molar-refractivity contribution >= 4 is 0 Å². The highest BCUT2D eigenvalue weighted by Crippen LogP contribution is 2.07. The summed E-state index contributed by atoms with van der Waals surface area (Å²) in [6, 6.07) is 0. The Bertz CT molecular complexity index is 83.0. The largest absolute Gasteiger partial charge is 0.392 e. The zero-order chi connectivity index (χ0) is 6.69. The van der Waals surface area contributed by atoms with Gasteiger partial charge in [-0.15, -0.1) is 0 Å². The van der Waals surface area contributed by atoms with Crippen LogP contribution in [0.15, 0.2) is 0 Å². The molecule has 54 valence electrons. The van der Waals surface area contributed by atoms with Gasteiger partial charge in [0.2, 0.25) is 0 Å². The summed E-state index contributed by atoms with van der Waals surface area (Å²) in [5.74, 6) is 0. The minimum Gasteiger partial charge on any atom is -0.392 e. The van der Waals surface area contributed by atoms with Crippen molar-refractivity contribution in [2.45, 2.75) is 25.9 Å². The summed E-state index contributed by atoms with van der Waals surface area (Å²) in [5, 5.41) is 9.08. The van der Waals surface area contributed by atoms with Gasteiger partial charge in [0, 0.05) is 13.1 Å². The number of aliphatic hydroxyl groups excluding tert-OH is 1. The van der Waals surface area contributed by atoms with Gasteiger partial charge in [0.05, 0.1) is 6.10 Å². The first kappa shape index (κ1) is 7.03. The molecule has 1 N–H and O–H groups in total. The van der Waals surface area contributed by atoms with E-state index in [1.165, 1.54) is 6.42 Å². The Hall–Kier alpha value is -0.0800. The third-order valence-electron chi connectivity index (χ3n) is 1.79. The zero-order valence-corrected chi connectivity index (χ0v) is 6.01. The second-order valence-electron chi connectivity index (χ2n) is 2.74. The topological polar surface area (TPSA) is 23.5 Å². The average molecular weight is 129 g/mol. The van der Waals surface area contributed by atoms with Crippen molar-refractivity contribution in [3.8, 4) is 0 Å². The van der Waals surface area contributed by atoms with Gasteiger partial charge in [-0.05, 0) is 19.4 Å². The molecule has 0 aromatic rings. The van der Waals surface area contributed by atoms with Crippen LogP contribution in [-0.2, 0) is 0 Å². The van der Waals surface area contributed by atoms with Crippen LogP contribution in [0, 0.1) is 0 Å². The van der Waals surface area contributed by atoms with E-state index in [-0.39, 0.29) is 6.10 Å². The quantitative estimate of drug-likeness (QED) is 0.585. The lowest BCUT2D eigenvalue weighted by Crippen LogP contribution is -2.22. The minimum absolute atomic E-state index is 0.0449. The van der Waals surface area contributed by atoms with Gasteiger partial charge in [-0.2, -0.15) is 0 Å². The maximum Gasteiger partial charge on any atom is 0.0679 e. The van der Waals surface area contributed by atoms with Crippen molar-refractivity contribution in [1.82, 2.24) is 4.90 Å². The van der Waals surface area contributed by atoms with Crippen LogP contribution in [-0.4, -0.2) is 35.7 Å². The van der Waals surface area contributed by atoms with E-state index in [1.54, 1.807) is 0 Å². The lowest BCUT2D eigenvalue weighted by atomic mass is 10.3. The van der Waals surface area contributed by atoms with E-state index in [1.807, 2.05) is 0 Å². The molecule has 1 heterocycles. The molecule has 1 atom stereocenters. The fourth-order valence-electron chi connectivity index (χ4n) is 1.33. The number of β-amino-alcohol motifs (C(OH)–C–C–N with tert-alkyl or cyclic N) is 1. The summed E-state index contributed by atoms with van der Waals surface area (Å²) in [6.07, 6.45) is 2.13. The molecule has 0 amide bonds. The highest BCUT2D eigenvalue weighted by atomic mass is 16.3. The molecule has 1 rings (SSSR count). The van der Waals surface area contributed by atoms with Crippen LogP contribution in [0.5, 0.6) is 0 Å². The molecule has 0 aromatic carbocycles. The van der Waals surface area contributed by atoms with E-state index in [0.29, 0.717) is 0 Å². The molecule has 0 aromatic heterocycles. The third-order valence-corrected chi connectivity index (χ3v) is 1.79. The molecular formula is C7H15NO. The van der Waals surface area contributed by atoms with E-state index in [9.17, 15) is 0 Å². The number of rotatable bonds is 2. The van der Waals surface area contributed by atoms with Crippen molar-refractivity contribution < 1.29 is 5.11 Å². The van der Waals surface area contributed by atoms with Gasteiger partial charge in [-0.1, -0.05) is 6.92 Å². The summed E-state index contributed by atoms with van der Waals surface area (Å²) in [5.41, 5.74) is 0. The highest BCUT2D eigenvalue weighted by molar-refractivity contribution is 4.73. The van der Waals surface area contributed by atoms with Crippen LogP contribution in [0.25, 0.3) is 0 Å². The third kappa shape index (κ3) is 1.95. The first-order valence-corrected chi connectivity index (χ1v) is 3.73. The van der Waals surface area contributed by atoms with Crippen LogP contribution in [0.1, 0.15) is 19.8 Å². The predicted molar refractivity (Wildman–Crippen MR) is 37.4 cm³/mol. The maximum absolute atomic E-state index is 9.08. The fourth-order valence-corrected chi connectivity index (χ4v) is 1.33. The Morgan fingerprint density at radius 2 is 2.44 bits per heavy atom. The molecule has 9 heavy (non-hydrogen) atoms. The molecule has 0 bridgehead atoms. The summed E-state index contributed by atoms with van der Waals surface area (Å²) in [7, 11) is 0. The molecule has 1 aliphatic rings. The molecular weight excluding hydrogens is 114 g/mol. The summed E-state index contributed by atoms with van der Waals surface area (Å²) in [4.78, 5) is 2.31. The van der Waals surface area contributed by atoms with Crippen molar-refractivity contribution in [3.05, 3.63) is 0 Å². The Labute approximate surface area is 56.5 Å². The molecule has 0 saturated carbocycles. The number of hydrogen-bond donors (Lipinski definition) is 1. The number of likely N-dealkylation sites (tertiary alicyclic amines) is 1. The molecule has 0 radical (unpaired) electrons. The Balaban J connectivity index is 2.14. The van der Waals surface area contributed by atoms with Crippen LogP contribution in [0.2, 0.25) is 0 Å². The number of nitrogens with zero attached hydrogens (tertiary/aromatic N) is 1. The molecule has 1 saturated heterocycles. The lowest BCUT2D eigenvalue weighted by molar-refractivity contribution is 0.176. The summed E-state index contributed by atoms with van der Waals surface area (Å²) >= 11 is 0. The van der Waals surface area contributed by atoms with Crippen LogP contribution in [0.4, 0.5) is 0 Å². The summed E-state index contributed by atoms with van der Waals surface area (Å²) in [6.45, 7) is 5.31. The van der Waals surface area contributed by atoms with Gasteiger partial charge in [-0.25, -0.2) is 0 Å². The maximum atomic E-state index is 9.08. The summed E-state index contributed by atoms with van der Waals surface area (Å²) < 4.78 is 0. The minimum atomic E-state index is -0.0449. The Morgan fingerprint density at radius 3 is 2.89 bits per heavy atom. The van der Waals surface area contributed by atoms with Crippen molar-refractivity contribution in [3.63, 3.8) is 0 Å². The smallest absolute Gasteiger partial charge is 0.0679 e. The molecule has 1 unspecified atom stereocenters. The van der Waals surface area contributed by atoms with Crippen LogP contribution >= 0.6 is 0 Å². The van der Waals surface area contributed by atoms with Gasteiger partial charge in [0.1, 0.15) is 0 Å². The SMILES string of the molecule is CCCN1CCC(O)C1. The second kappa shape index (κ2) is 3.18. The molecule has 2 nitrogen and oxygen atoms in total. The molecule has 1 fully saturated rings. The van der Waals surface area contributed by atoms with E-state index < -0.39 is 0 Å². The van der Waals surface area contributed by atoms with Gasteiger partial charge in [0.25, 0.3) is 0 Å². The zero-order valence-electron chi connectivity index (χ0n) is 6.01. The van der Waals surface area contributed by atoms with Gasteiger partial charge < -0.3 is 10.0 Å². The van der Waals surface area contributed by atoms with E-state index in [4.69, 9.17) is 5.11 Å². The van der Waals surface area contributed by atoms with Gasteiger partial charge in [-0.3, -0.25) is 0 Å². The van der Waals surface area contributed by atoms with Gasteiger partial charge in [0.15, 0.2) is 0 Å². The molecule has 2 heteroatoms. The standard InChI is InChI=1S/C7H15NO/c1-2-4-8-5-3-7(9)6-8/h7,9H,2-6H2,1H3. The normalized spacial score (nSPS) is 29.3. The average Bonchev–Trinajstić information content (AvgIpc) is 2.17. The van der Waals surface area contributed by atoms with Crippen molar-refractivity contribution in [2.75, 3.05) is 19.6 Å². The van der Waals surface area contributed by atoms with E-state index in [2.05, 4.69) is 11.8 Å². The molecule has 1 aliphatic heterocycles. The number of aliphatic hydroxyl groups is 1. The Morgan fingerprint density at radius 1 is 1.67 bits per heavy atom. The van der Waals surface area contributed by atoms with E-state index >= 15 is 0 Å². The van der Waals surface area contributed by atoms with Gasteiger partial charge >= 0.3 is 0 Å². The predicted octanol–water partition coefficient (Wildman–Crippen LogP) is 0.463. The molecule has 0 spiro atoms. The van der Waals surface area contributed by atoms with E-state index in [0.717, 1.165) is 26.1 Å².